The van der Waals surface area contributed by atoms with Crippen molar-refractivity contribution in [2.45, 2.75) is 6.92 Å². The second kappa shape index (κ2) is 6.76. The first-order chi connectivity index (χ1) is 13.9. The summed E-state index contributed by atoms with van der Waals surface area (Å²) in [5.41, 5.74) is 1.49. The molecule has 3 aromatic heterocycles. The molecule has 1 aromatic carbocycles. The number of aromatic nitrogens is 4. The molecule has 0 aliphatic rings. The van der Waals surface area contributed by atoms with Crippen LogP contribution in [0.2, 0.25) is 0 Å². The second-order valence-corrected chi connectivity index (χ2v) is 6.20. The van der Waals surface area contributed by atoms with Crippen LogP contribution >= 0.6 is 0 Å². The minimum absolute atomic E-state index is 0.0536. The number of nitriles is 1. The van der Waals surface area contributed by atoms with Crippen LogP contribution in [0.3, 0.4) is 0 Å². The van der Waals surface area contributed by atoms with Crippen molar-refractivity contribution in [3.8, 4) is 28.5 Å². The van der Waals surface area contributed by atoms with Crippen molar-refractivity contribution in [1.82, 2.24) is 19.6 Å². The van der Waals surface area contributed by atoms with E-state index in [9.17, 15) is 18.7 Å². The Morgan fingerprint density at radius 1 is 1.21 bits per heavy atom. The van der Waals surface area contributed by atoms with Gasteiger partial charge in [-0.1, -0.05) is 0 Å². The van der Waals surface area contributed by atoms with Crippen molar-refractivity contribution in [3.05, 3.63) is 71.3 Å². The smallest absolute Gasteiger partial charge is 0.354 e. The van der Waals surface area contributed by atoms with Gasteiger partial charge < -0.3 is 5.11 Å². The maximum Gasteiger partial charge on any atom is 0.354 e. The molecule has 142 valence electrons. The maximum atomic E-state index is 14.4. The minimum atomic E-state index is -1.26. The van der Waals surface area contributed by atoms with Crippen LogP contribution in [-0.4, -0.2) is 30.7 Å². The quantitative estimate of drug-likeness (QED) is 0.572. The molecule has 0 saturated carbocycles. The number of carbonyl (C=O) groups is 1. The summed E-state index contributed by atoms with van der Waals surface area (Å²) in [6.45, 7) is 1.58. The lowest BCUT2D eigenvalue weighted by Gasteiger charge is -2.07. The molecule has 1 N–H and O–H groups in total. The molecule has 0 spiro atoms. The summed E-state index contributed by atoms with van der Waals surface area (Å²) in [7, 11) is 0. The van der Waals surface area contributed by atoms with Crippen LogP contribution in [-0.2, 0) is 0 Å². The summed E-state index contributed by atoms with van der Waals surface area (Å²) in [5.74, 6) is -2.80. The summed E-state index contributed by atoms with van der Waals surface area (Å²) in [4.78, 5) is 20.2. The Hall–Kier alpha value is -4.19. The van der Waals surface area contributed by atoms with Gasteiger partial charge in [-0.3, -0.25) is 0 Å². The van der Waals surface area contributed by atoms with E-state index < -0.39 is 17.6 Å². The summed E-state index contributed by atoms with van der Waals surface area (Å²) in [5, 5.41) is 22.7. The molecule has 0 bridgehead atoms. The number of hydrogen-bond acceptors (Lipinski definition) is 5. The molecular weight excluding hydrogens is 380 g/mol. The van der Waals surface area contributed by atoms with E-state index in [4.69, 9.17) is 5.26 Å². The molecule has 9 heteroatoms. The number of rotatable bonds is 3. The number of carboxylic acid groups (broad SMARTS) is 1. The topological polar surface area (TPSA) is 104 Å². The zero-order chi connectivity index (χ0) is 20.7. The van der Waals surface area contributed by atoms with E-state index in [1.807, 2.05) is 6.07 Å². The first-order valence-electron chi connectivity index (χ1n) is 8.34. The number of halogens is 2. The van der Waals surface area contributed by atoms with E-state index >= 15 is 0 Å². The van der Waals surface area contributed by atoms with Crippen molar-refractivity contribution < 1.29 is 18.7 Å². The standard InChI is InChI=1S/C20H11F2N5O2/c1-10-18(14-5-3-12(21)6-15(14)22)19-25-16(7-17(20(28)29)27(19)26-10)11-2-4-13(8-23)24-9-11/h2-7,9H,1H3,(H,28,29). The van der Waals surface area contributed by atoms with E-state index in [-0.39, 0.29) is 33.9 Å². The zero-order valence-electron chi connectivity index (χ0n) is 14.9. The average Bonchev–Trinajstić information content (AvgIpc) is 3.03. The Balaban J connectivity index is 2.03. The first kappa shape index (κ1) is 18.2. The van der Waals surface area contributed by atoms with Gasteiger partial charge in [0.15, 0.2) is 11.3 Å². The van der Waals surface area contributed by atoms with Crippen LogP contribution in [0.1, 0.15) is 21.9 Å². The van der Waals surface area contributed by atoms with Crippen LogP contribution in [0.5, 0.6) is 0 Å². The SMILES string of the molecule is Cc1nn2c(C(=O)O)cc(-c3ccc(C#N)nc3)nc2c1-c1ccc(F)cc1F. The number of pyridine rings is 1. The van der Waals surface area contributed by atoms with Gasteiger partial charge in [0.1, 0.15) is 23.4 Å². The average molecular weight is 391 g/mol. The molecule has 0 amide bonds. The summed E-state index contributed by atoms with van der Waals surface area (Å²) < 4.78 is 28.9. The first-order valence-corrected chi connectivity index (χ1v) is 8.34. The predicted octanol–water partition coefficient (Wildman–Crippen LogP) is 3.61. The van der Waals surface area contributed by atoms with Crippen LogP contribution < -0.4 is 0 Å². The molecule has 0 radical (unpaired) electrons. The third kappa shape index (κ3) is 3.06. The van der Waals surface area contributed by atoms with Gasteiger partial charge in [-0.05, 0) is 37.3 Å². The van der Waals surface area contributed by atoms with E-state index in [1.165, 1.54) is 24.4 Å². The Morgan fingerprint density at radius 3 is 2.62 bits per heavy atom. The van der Waals surface area contributed by atoms with Gasteiger partial charge >= 0.3 is 5.97 Å². The number of benzene rings is 1. The molecule has 4 aromatic rings. The van der Waals surface area contributed by atoms with Crippen LogP contribution in [0, 0.1) is 29.9 Å². The number of aryl methyl sites for hydroxylation is 1. The van der Waals surface area contributed by atoms with Gasteiger partial charge in [-0.15, -0.1) is 0 Å². The van der Waals surface area contributed by atoms with Gasteiger partial charge in [-0.2, -0.15) is 10.4 Å². The van der Waals surface area contributed by atoms with Crippen LogP contribution in [0.4, 0.5) is 8.78 Å². The van der Waals surface area contributed by atoms with Crippen molar-refractivity contribution >= 4 is 11.6 Å². The molecule has 29 heavy (non-hydrogen) atoms. The van der Waals surface area contributed by atoms with Gasteiger partial charge in [-0.25, -0.2) is 28.1 Å². The molecule has 0 saturated heterocycles. The number of nitrogens with zero attached hydrogens (tertiary/aromatic N) is 5. The maximum absolute atomic E-state index is 14.4. The van der Waals surface area contributed by atoms with Gasteiger partial charge in [0, 0.05) is 23.4 Å². The molecule has 0 atom stereocenters. The van der Waals surface area contributed by atoms with E-state index in [2.05, 4.69) is 15.1 Å². The summed E-state index contributed by atoms with van der Waals surface area (Å²) in [6.07, 6.45) is 1.39. The fourth-order valence-electron chi connectivity index (χ4n) is 3.04. The minimum Gasteiger partial charge on any atom is -0.477 e. The lowest BCUT2D eigenvalue weighted by molar-refractivity contribution is 0.0687. The van der Waals surface area contributed by atoms with E-state index in [0.29, 0.717) is 11.3 Å². The third-order valence-corrected chi connectivity index (χ3v) is 4.36. The lowest BCUT2D eigenvalue weighted by Crippen LogP contribution is -2.08. The summed E-state index contributed by atoms with van der Waals surface area (Å²) >= 11 is 0. The molecule has 3 heterocycles. The molecule has 0 aliphatic heterocycles. The Bertz CT molecular complexity index is 1320. The van der Waals surface area contributed by atoms with Crippen LogP contribution in [0.15, 0.2) is 42.6 Å². The van der Waals surface area contributed by atoms with Gasteiger partial charge in [0.2, 0.25) is 0 Å². The van der Waals surface area contributed by atoms with Crippen molar-refractivity contribution in [3.63, 3.8) is 0 Å². The van der Waals surface area contributed by atoms with E-state index in [1.54, 1.807) is 13.0 Å². The number of aromatic carboxylic acids is 1. The summed E-state index contributed by atoms with van der Waals surface area (Å²) in [6, 6.07) is 9.37. The number of carboxylic acids is 1. The molecule has 0 aliphatic carbocycles. The van der Waals surface area contributed by atoms with Gasteiger partial charge in [0.05, 0.1) is 17.0 Å². The highest BCUT2D eigenvalue weighted by molar-refractivity contribution is 5.90. The lowest BCUT2D eigenvalue weighted by atomic mass is 10.1. The highest BCUT2D eigenvalue weighted by Gasteiger charge is 2.22. The monoisotopic (exact) mass is 391 g/mol. The number of fused-ring (bicyclic) bond motifs is 1. The van der Waals surface area contributed by atoms with Crippen molar-refractivity contribution in [1.29, 1.82) is 5.26 Å². The molecule has 0 fully saturated rings. The van der Waals surface area contributed by atoms with Gasteiger partial charge in [0.25, 0.3) is 0 Å². The van der Waals surface area contributed by atoms with E-state index in [0.717, 1.165) is 16.6 Å². The third-order valence-electron chi connectivity index (χ3n) is 4.36. The number of hydrogen-bond donors (Lipinski definition) is 1. The molecule has 0 unspecified atom stereocenters. The van der Waals surface area contributed by atoms with Crippen LogP contribution in [0.25, 0.3) is 28.0 Å². The second-order valence-electron chi connectivity index (χ2n) is 6.20. The zero-order valence-corrected chi connectivity index (χ0v) is 14.9. The normalized spacial score (nSPS) is 10.8. The highest BCUT2D eigenvalue weighted by Crippen LogP contribution is 2.32. The Labute approximate surface area is 162 Å². The fraction of sp³-hybridized carbons (Fsp3) is 0.0500. The Kier molecular flexibility index (Phi) is 4.24. The molecule has 4 rings (SSSR count). The Morgan fingerprint density at radius 2 is 2.00 bits per heavy atom. The fourth-order valence-corrected chi connectivity index (χ4v) is 3.04. The van der Waals surface area contributed by atoms with Crippen molar-refractivity contribution in [2.24, 2.45) is 0 Å². The predicted molar refractivity (Wildman–Crippen MR) is 98.0 cm³/mol. The van der Waals surface area contributed by atoms with Crippen molar-refractivity contribution in [2.75, 3.05) is 0 Å². The largest absolute Gasteiger partial charge is 0.477 e. The molecular formula is C20H11F2N5O2. The molecule has 7 nitrogen and oxygen atoms in total. The highest BCUT2D eigenvalue weighted by atomic mass is 19.1.